The summed E-state index contributed by atoms with van der Waals surface area (Å²) in [4.78, 5) is 26.7. The average Bonchev–Trinajstić information content (AvgIpc) is 3.26. The van der Waals surface area contributed by atoms with Crippen molar-refractivity contribution in [3.05, 3.63) is 58.3 Å². The number of rotatable bonds is 6. The molecule has 2 unspecified atom stereocenters. The molecule has 3 rings (SSSR count). The molecule has 2 aromatic rings. The summed E-state index contributed by atoms with van der Waals surface area (Å²) in [5.74, 6) is -0.230. The van der Waals surface area contributed by atoms with E-state index in [1.54, 1.807) is 4.90 Å². The van der Waals surface area contributed by atoms with Gasteiger partial charge in [0.05, 0.1) is 6.54 Å². The lowest BCUT2D eigenvalue weighted by molar-refractivity contribution is -0.136. The number of amides is 2. The van der Waals surface area contributed by atoms with E-state index in [2.05, 4.69) is 5.32 Å². The van der Waals surface area contributed by atoms with E-state index < -0.39 is 12.1 Å². The quantitative estimate of drug-likeness (QED) is 0.843. The van der Waals surface area contributed by atoms with Crippen molar-refractivity contribution in [2.75, 3.05) is 6.54 Å². The summed E-state index contributed by atoms with van der Waals surface area (Å²) in [7, 11) is 0. The molecular formula is C18H20N2O3S. The maximum Gasteiger partial charge on any atom is 0.245 e. The summed E-state index contributed by atoms with van der Waals surface area (Å²) < 4.78 is 0. The highest BCUT2D eigenvalue weighted by molar-refractivity contribution is 7.10. The Balaban J connectivity index is 1.75. The minimum absolute atomic E-state index is 0.0909. The third kappa shape index (κ3) is 4.01. The largest absolute Gasteiger partial charge is 0.386 e. The molecule has 5 nitrogen and oxygen atoms in total. The standard InChI is InChI=1S/C18H20N2O3S/c21-15(16-7-4-10-24-16)12-20(11-13-5-2-1-3-6-13)18(23)14-8-9-17(22)19-14/h1-7,10,14-15,21H,8-9,11-12H2,(H,19,22). The lowest BCUT2D eigenvalue weighted by atomic mass is 10.1. The maximum atomic E-state index is 12.8. The lowest BCUT2D eigenvalue weighted by Crippen LogP contribution is -2.45. The Bertz CT molecular complexity index is 688. The SMILES string of the molecule is O=C1CCC(C(=O)N(Cc2ccccc2)CC(O)c2cccs2)N1. The first-order chi connectivity index (χ1) is 11.6. The highest BCUT2D eigenvalue weighted by Gasteiger charge is 2.31. The first kappa shape index (κ1) is 16.7. The summed E-state index contributed by atoms with van der Waals surface area (Å²) in [6, 6.07) is 12.9. The predicted molar refractivity (Wildman–Crippen MR) is 92.3 cm³/mol. The molecule has 2 amide bonds. The van der Waals surface area contributed by atoms with Gasteiger partial charge in [0.2, 0.25) is 11.8 Å². The fraction of sp³-hybridized carbons (Fsp3) is 0.333. The number of aliphatic hydroxyl groups is 1. The topological polar surface area (TPSA) is 69.6 Å². The fourth-order valence-corrected chi connectivity index (χ4v) is 3.54. The molecule has 24 heavy (non-hydrogen) atoms. The van der Waals surface area contributed by atoms with Crippen molar-refractivity contribution in [1.82, 2.24) is 10.2 Å². The summed E-state index contributed by atoms with van der Waals surface area (Å²) in [6.45, 7) is 0.620. The van der Waals surface area contributed by atoms with Crippen molar-refractivity contribution >= 4 is 23.2 Å². The monoisotopic (exact) mass is 344 g/mol. The van der Waals surface area contributed by atoms with E-state index in [4.69, 9.17) is 0 Å². The van der Waals surface area contributed by atoms with E-state index in [0.29, 0.717) is 19.4 Å². The molecule has 0 aliphatic carbocycles. The second-order valence-electron chi connectivity index (χ2n) is 5.89. The van der Waals surface area contributed by atoms with Crippen LogP contribution in [0.25, 0.3) is 0 Å². The number of nitrogens with zero attached hydrogens (tertiary/aromatic N) is 1. The maximum absolute atomic E-state index is 12.8. The van der Waals surface area contributed by atoms with Crippen LogP contribution in [0.5, 0.6) is 0 Å². The van der Waals surface area contributed by atoms with Crippen LogP contribution in [0.2, 0.25) is 0 Å². The van der Waals surface area contributed by atoms with E-state index in [1.807, 2.05) is 47.8 Å². The summed E-state index contributed by atoms with van der Waals surface area (Å²) in [6.07, 6.45) is 0.163. The summed E-state index contributed by atoms with van der Waals surface area (Å²) in [5, 5.41) is 15.1. The zero-order chi connectivity index (χ0) is 16.9. The van der Waals surface area contributed by atoms with Gasteiger partial charge in [-0.1, -0.05) is 36.4 Å². The van der Waals surface area contributed by atoms with Gasteiger partial charge in [-0.3, -0.25) is 9.59 Å². The van der Waals surface area contributed by atoms with Crippen LogP contribution < -0.4 is 5.32 Å². The molecule has 1 aliphatic rings. The van der Waals surface area contributed by atoms with E-state index >= 15 is 0 Å². The molecule has 1 aliphatic heterocycles. The van der Waals surface area contributed by atoms with Crippen molar-refractivity contribution in [3.8, 4) is 0 Å². The van der Waals surface area contributed by atoms with E-state index in [1.165, 1.54) is 11.3 Å². The summed E-state index contributed by atoms with van der Waals surface area (Å²) in [5.41, 5.74) is 0.994. The Morgan fingerprint density at radius 2 is 2.08 bits per heavy atom. The zero-order valence-electron chi connectivity index (χ0n) is 13.2. The number of benzene rings is 1. The molecular weight excluding hydrogens is 324 g/mol. The lowest BCUT2D eigenvalue weighted by Gasteiger charge is -2.27. The van der Waals surface area contributed by atoms with Gasteiger partial charge < -0.3 is 15.3 Å². The molecule has 2 atom stereocenters. The molecule has 0 spiro atoms. The minimum Gasteiger partial charge on any atom is -0.386 e. The summed E-state index contributed by atoms with van der Waals surface area (Å²) >= 11 is 1.47. The van der Waals surface area contributed by atoms with Gasteiger partial charge in [0.15, 0.2) is 0 Å². The van der Waals surface area contributed by atoms with Gasteiger partial charge in [0.1, 0.15) is 12.1 Å². The second-order valence-corrected chi connectivity index (χ2v) is 6.87. The third-order valence-electron chi connectivity index (χ3n) is 4.09. The van der Waals surface area contributed by atoms with Crippen LogP contribution in [0.4, 0.5) is 0 Å². The highest BCUT2D eigenvalue weighted by atomic mass is 32.1. The zero-order valence-corrected chi connectivity index (χ0v) is 14.0. The van der Waals surface area contributed by atoms with Gasteiger partial charge in [-0.15, -0.1) is 11.3 Å². The second kappa shape index (κ2) is 7.59. The number of thiophene rings is 1. The highest BCUT2D eigenvalue weighted by Crippen LogP contribution is 2.22. The normalized spacial score (nSPS) is 18.2. The van der Waals surface area contributed by atoms with E-state index in [0.717, 1.165) is 10.4 Å². The van der Waals surface area contributed by atoms with Gasteiger partial charge in [0.25, 0.3) is 0 Å². The molecule has 1 saturated heterocycles. The van der Waals surface area contributed by atoms with Crippen LogP contribution in [-0.2, 0) is 16.1 Å². The molecule has 2 N–H and O–H groups in total. The Morgan fingerprint density at radius 3 is 2.71 bits per heavy atom. The molecule has 0 saturated carbocycles. The van der Waals surface area contributed by atoms with Gasteiger partial charge in [0, 0.05) is 17.8 Å². The van der Waals surface area contributed by atoms with E-state index in [9.17, 15) is 14.7 Å². The van der Waals surface area contributed by atoms with Crippen LogP contribution in [0.1, 0.15) is 29.4 Å². The number of nitrogens with one attached hydrogen (secondary N) is 1. The van der Waals surface area contributed by atoms with Gasteiger partial charge in [-0.25, -0.2) is 0 Å². The van der Waals surface area contributed by atoms with Gasteiger partial charge in [-0.05, 0) is 23.4 Å². The molecule has 1 aromatic carbocycles. The van der Waals surface area contributed by atoms with Gasteiger partial charge in [-0.2, -0.15) is 0 Å². The Hall–Kier alpha value is -2.18. The molecule has 1 fully saturated rings. The Labute approximate surface area is 144 Å². The Morgan fingerprint density at radius 1 is 1.29 bits per heavy atom. The Kier molecular flexibility index (Phi) is 5.27. The number of carbonyl (C=O) groups excluding carboxylic acids is 2. The molecule has 126 valence electrons. The van der Waals surface area contributed by atoms with Gasteiger partial charge >= 0.3 is 0 Å². The number of hydrogen-bond donors (Lipinski definition) is 2. The number of carbonyl (C=O) groups is 2. The molecule has 0 radical (unpaired) electrons. The molecule has 1 aromatic heterocycles. The predicted octanol–water partition coefficient (Wildman–Crippen LogP) is 2.09. The van der Waals surface area contributed by atoms with Crippen LogP contribution in [-0.4, -0.2) is 34.4 Å². The van der Waals surface area contributed by atoms with Crippen LogP contribution in [0.3, 0.4) is 0 Å². The number of hydrogen-bond acceptors (Lipinski definition) is 4. The molecule has 6 heteroatoms. The van der Waals surface area contributed by atoms with Crippen molar-refractivity contribution in [2.45, 2.75) is 31.5 Å². The fourth-order valence-electron chi connectivity index (χ4n) is 2.84. The van der Waals surface area contributed by atoms with Crippen molar-refractivity contribution in [2.24, 2.45) is 0 Å². The van der Waals surface area contributed by atoms with Crippen molar-refractivity contribution < 1.29 is 14.7 Å². The first-order valence-corrected chi connectivity index (χ1v) is 8.85. The van der Waals surface area contributed by atoms with Crippen LogP contribution in [0, 0.1) is 0 Å². The number of aliphatic hydroxyl groups excluding tert-OH is 1. The molecule has 0 bridgehead atoms. The minimum atomic E-state index is -0.727. The van der Waals surface area contributed by atoms with Crippen LogP contribution >= 0.6 is 11.3 Å². The molecule has 2 heterocycles. The third-order valence-corrected chi connectivity index (χ3v) is 5.06. The van der Waals surface area contributed by atoms with E-state index in [-0.39, 0.29) is 18.4 Å². The first-order valence-electron chi connectivity index (χ1n) is 7.97. The smallest absolute Gasteiger partial charge is 0.245 e. The average molecular weight is 344 g/mol. The van der Waals surface area contributed by atoms with Crippen molar-refractivity contribution in [1.29, 1.82) is 0 Å². The van der Waals surface area contributed by atoms with Crippen LogP contribution in [0.15, 0.2) is 47.8 Å². The van der Waals surface area contributed by atoms with Crippen molar-refractivity contribution in [3.63, 3.8) is 0 Å².